The van der Waals surface area contributed by atoms with E-state index in [4.69, 9.17) is 11.6 Å². The predicted octanol–water partition coefficient (Wildman–Crippen LogP) is 3.50. The molecule has 132 valence electrons. The number of rotatable bonds is 2. The Morgan fingerprint density at radius 1 is 1.24 bits per heavy atom. The van der Waals surface area contributed by atoms with Crippen molar-refractivity contribution in [2.75, 3.05) is 13.1 Å². The van der Waals surface area contributed by atoms with Gasteiger partial charge in [-0.3, -0.25) is 9.47 Å². The molecular weight excluding hydrogens is 336 g/mol. The molecule has 0 saturated carbocycles. The van der Waals surface area contributed by atoms with E-state index >= 15 is 0 Å². The number of halogens is 1. The first-order valence-electron chi connectivity index (χ1n) is 8.98. The minimum absolute atomic E-state index is 0.0827. The molecule has 1 aromatic carbocycles. The van der Waals surface area contributed by atoms with Crippen LogP contribution in [-0.4, -0.2) is 45.7 Å². The lowest BCUT2D eigenvalue weighted by Gasteiger charge is -2.45. The monoisotopic (exact) mass is 358 g/mol. The van der Waals surface area contributed by atoms with Crippen molar-refractivity contribution >= 4 is 17.6 Å². The van der Waals surface area contributed by atoms with Crippen molar-refractivity contribution in [3.8, 4) is 0 Å². The summed E-state index contributed by atoms with van der Waals surface area (Å²) in [7, 11) is 0. The molecule has 6 heteroatoms. The van der Waals surface area contributed by atoms with Gasteiger partial charge in [-0.1, -0.05) is 29.8 Å². The van der Waals surface area contributed by atoms with Crippen molar-refractivity contribution in [3.05, 3.63) is 53.6 Å². The highest BCUT2D eigenvalue weighted by molar-refractivity contribution is 6.31. The van der Waals surface area contributed by atoms with Crippen molar-refractivity contribution in [3.63, 3.8) is 0 Å². The van der Waals surface area contributed by atoms with E-state index in [-0.39, 0.29) is 12.1 Å². The second kappa shape index (κ2) is 7.18. The van der Waals surface area contributed by atoms with Crippen molar-refractivity contribution < 1.29 is 4.79 Å². The summed E-state index contributed by atoms with van der Waals surface area (Å²) in [5.74, 6) is 0.516. The summed E-state index contributed by atoms with van der Waals surface area (Å²) in [5.41, 5.74) is 1.28. The van der Waals surface area contributed by atoms with Crippen LogP contribution < -0.4 is 5.32 Å². The second-order valence-electron chi connectivity index (χ2n) is 7.09. The first-order chi connectivity index (χ1) is 12.2. The molecule has 2 aromatic rings. The molecule has 3 heterocycles. The van der Waals surface area contributed by atoms with E-state index in [1.165, 1.54) is 10.1 Å². The fourth-order valence-electron chi connectivity index (χ4n) is 4.23. The fraction of sp³-hybridized carbons (Fsp3) is 0.474. The number of carbonyl (C=O) groups is 1. The van der Waals surface area contributed by atoms with Crippen LogP contribution in [0.4, 0.5) is 4.79 Å². The molecule has 0 aliphatic carbocycles. The Bertz CT molecular complexity index is 733. The Kier molecular flexibility index (Phi) is 4.77. The van der Waals surface area contributed by atoms with Crippen LogP contribution in [0, 0.1) is 0 Å². The number of imidazole rings is 1. The highest BCUT2D eigenvalue weighted by Crippen LogP contribution is 2.36. The second-order valence-corrected chi connectivity index (χ2v) is 7.49. The van der Waals surface area contributed by atoms with E-state index < -0.39 is 0 Å². The molecule has 0 unspecified atom stereocenters. The average Bonchev–Trinajstić information content (AvgIpc) is 3.16. The molecule has 2 saturated heterocycles. The zero-order valence-electron chi connectivity index (χ0n) is 14.1. The Morgan fingerprint density at radius 2 is 2.12 bits per heavy atom. The Labute approximate surface area is 153 Å². The van der Waals surface area contributed by atoms with Gasteiger partial charge in [0.25, 0.3) is 0 Å². The Hall–Kier alpha value is -1.85. The van der Waals surface area contributed by atoms with Gasteiger partial charge in [-0.15, -0.1) is 0 Å². The van der Waals surface area contributed by atoms with Crippen LogP contribution in [0.3, 0.4) is 0 Å². The number of nitrogens with zero attached hydrogens (tertiary/aromatic N) is 3. The molecule has 4 rings (SSSR count). The molecule has 25 heavy (non-hydrogen) atoms. The molecule has 1 N–H and O–H groups in total. The topological polar surface area (TPSA) is 50.2 Å². The van der Waals surface area contributed by atoms with Gasteiger partial charge >= 0.3 is 6.03 Å². The number of nitrogens with one attached hydrogen (secondary N) is 1. The summed E-state index contributed by atoms with van der Waals surface area (Å²) in [5, 5.41) is 4.03. The lowest BCUT2D eigenvalue weighted by Crippen LogP contribution is -2.53. The summed E-state index contributed by atoms with van der Waals surface area (Å²) in [4.78, 5) is 18.7. The predicted molar refractivity (Wildman–Crippen MR) is 98.0 cm³/mol. The average molecular weight is 359 g/mol. The Balaban J connectivity index is 1.35. The third kappa shape index (κ3) is 3.58. The van der Waals surface area contributed by atoms with Crippen molar-refractivity contribution in [2.24, 2.45) is 0 Å². The van der Waals surface area contributed by atoms with Crippen molar-refractivity contribution in [2.45, 2.75) is 43.7 Å². The van der Waals surface area contributed by atoms with Gasteiger partial charge in [0.15, 0.2) is 0 Å². The highest BCUT2D eigenvalue weighted by atomic mass is 35.5. The molecule has 0 bridgehead atoms. The first-order valence-corrected chi connectivity index (χ1v) is 9.36. The smallest absolute Gasteiger partial charge is 0.327 e. The van der Waals surface area contributed by atoms with Gasteiger partial charge < -0.3 is 5.32 Å². The van der Waals surface area contributed by atoms with Crippen LogP contribution in [0.2, 0.25) is 5.02 Å². The maximum Gasteiger partial charge on any atom is 0.327 e. The van der Waals surface area contributed by atoms with Gasteiger partial charge in [0.2, 0.25) is 0 Å². The maximum atomic E-state index is 12.2. The largest absolute Gasteiger partial charge is 0.335 e. The van der Waals surface area contributed by atoms with E-state index in [9.17, 15) is 4.79 Å². The normalized spacial score (nSPS) is 26.8. The number of hydrogen-bond acceptors (Lipinski definition) is 3. The zero-order valence-corrected chi connectivity index (χ0v) is 14.9. The molecule has 1 amide bonds. The van der Waals surface area contributed by atoms with Crippen LogP contribution in [0.1, 0.15) is 37.2 Å². The third-order valence-corrected chi connectivity index (χ3v) is 5.90. The third-order valence-electron chi connectivity index (χ3n) is 5.55. The van der Waals surface area contributed by atoms with Crippen LogP contribution in [0.25, 0.3) is 0 Å². The van der Waals surface area contributed by atoms with Crippen LogP contribution in [0.15, 0.2) is 43.0 Å². The van der Waals surface area contributed by atoms with E-state index in [2.05, 4.69) is 27.3 Å². The van der Waals surface area contributed by atoms with E-state index in [0.29, 0.717) is 12.0 Å². The standard InChI is InChI=1S/C19H23ClN4O/c20-18-4-2-1-3-17(18)14-5-6-16-11-15(7-9-23(16)12-14)22-19(25)24-10-8-21-13-24/h1-4,8,10,13-16H,5-7,9,11-12H2,(H,22,25)/t14-,15+,16+/m1/s1. The number of hydrogen-bond donors (Lipinski definition) is 1. The van der Waals surface area contributed by atoms with Crippen molar-refractivity contribution in [1.82, 2.24) is 19.8 Å². The summed E-state index contributed by atoms with van der Waals surface area (Å²) >= 11 is 6.39. The van der Waals surface area contributed by atoms with Gasteiger partial charge in [-0.2, -0.15) is 0 Å². The summed E-state index contributed by atoms with van der Waals surface area (Å²) in [6, 6.07) is 8.93. The quantitative estimate of drug-likeness (QED) is 0.893. The molecule has 5 nitrogen and oxygen atoms in total. The summed E-state index contributed by atoms with van der Waals surface area (Å²) in [6.07, 6.45) is 9.18. The molecule has 0 radical (unpaired) electrons. The fourth-order valence-corrected chi connectivity index (χ4v) is 4.52. The van der Waals surface area contributed by atoms with Gasteiger partial charge in [-0.05, 0) is 43.2 Å². The number of fused-ring (bicyclic) bond motifs is 1. The maximum absolute atomic E-state index is 12.2. The molecule has 2 fully saturated rings. The first kappa shape index (κ1) is 16.6. The van der Waals surface area contributed by atoms with Crippen LogP contribution >= 0.6 is 11.6 Å². The summed E-state index contributed by atoms with van der Waals surface area (Å²) in [6.45, 7) is 2.09. The van der Waals surface area contributed by atoms with Gasteiger partial charge in [0, 0.05) is 42.6 Å². The summed E-state index contributed by atoms with van der Waals surface area (Å²) < 4.78 is 1.50. The number of carbonyl (C=O) groups excluding carboxylic acids is 1. The molecule has 3 atom stereocenters. The zero-order chi connectivity index (χ0) is 17.2. The van der Waals surface area contributed by atoms with Gasteiger partial charge in [0.05, 0.1) is 0 Å². The number of aromatic nitrogens is 2. The number of benzene rings is 1. The Morgan fingerprint density at radius 3 is 2.92 bits per heavy atom. The lowest BCUT2D eigenvalue weighted by molar-refractivity contribution is 0.0808. The number of amides is 1. The SMILES string of the molecule is O=C(N[C@H]1CCN2C[C@H](c3ccccc3Cl)CC[C@H]2C1)n1ccnc1. The number of piperidine rings is 2. The minimum atomic E-state index is -0.0827. The molecule has 2 aliphatic rings. The van der Waals surface area contributed by atoms with E-state index in [0.717, 1.165) is 43.8 Å². The minimum Gasteiger partial charge on any atom is -0.335 e. The lowest BCUT2D eigenvalue weighted by atomic mass is 9.82. The van der Waals surface area contributed by atoms with Crippen molar-refractivity contribution in [1.29, 1.82) is 0 Å². The van der Waals surface area contributed by atoms with Gasteiger partial charge in [0.1, 0.15) is 6.33 Å². The van der Waals surface area contributed by atoms with Crippen LogP contribution in [0.5, 0.6) is 0 Å². The van der Waals surface area contributed by atoms with Crippen LogP contribution in [-0.2, 0) is 0 Å². The molecule has 2 aliphatic heterocycles. The van der Waals surface area contributed by atoms with Gasteiger partial charge in [-0.25, -0.2) is 9.78 Å². The molecule has 0 spiro atoms. The molecule has 1 aromatic heterocycles. The molecular formula is C19H23ClN4O. The van der Waals surface area contributed by atoms with E-state index in [1.54, 1.807) is 18.7 Å². The van der Waals surface area contributed by atoms with E-state index in [1.807, 2.05) is 12.1 Å². The highest BCUT2D eigenvalue weighted by Gasteiger charge is 2.35.